The van der Waals surface area contributed by atoms with Crippen LogP contribution in [-0.2, 0) is 16.2 Å². The number of para-hydroxylation sites is 1. The molecule has 0 bridgehead atoms. The van der Waals surface area contributed by atoms with Crippen LogP contribution in [0.2, 0.25) is 0 Å². The summed E-state index contributed by atoms with van der Waals surface area (Å²) in [4.78, 5) is 19.9. The van der Waals surface area contributed by atoms with Gasteiger partial charge in [-0.15, -0.1) is 0 Å². The molecular formula is C28H26F4N4O3S. The normalized spacial score (nSPS) is 18.2. The maximum absolute atomic E-state index is 13.7. The number of sulfonamides is 1. The second-order valence-electron chi connectivity index (χ2n) is 9.77. The minimum absolute atomic E-state index is 0.0262. The molecule has 2 heterocycles. The fourth-order valence-corrected chi connectivity index (χ4v) is 6.74. The third-order valence-electron chi connectivity index (χ3n) is 7.17. The highest BCUT2D eigenvalue weighted by Gasteiger charge is 2.38. The van der Waals surface area contributed by atoms with Crippen molar-refractivity contribution in [3.8, 4) is 5.69 Å². The van der Waals surface area contributed by atoms with Crippen LogP contribution in [0.1, 0.15) is 31.3 Å². The molecule has 210 valence electrons. The summed E-state index contributed by atoms with van der Waals surface area (Å²) in [6.45, 7) is 4.05. The van der Waals surface area contributed by atoms with E-state index >= 15 is 0 Å². The monoisotopic (exact) mass is 574 g/mol. The number of aromatic nitrogens is 2. The van der Waals surface area contributed by atoms with Crippen molar-refractivity contribution in [2.24, 2.45) is 0 Å². The van der Waals surface area contributed by atoms with Crippen molar-refractivity contribution in [3.05, 3.63) is 100 Å². The van der Waals surface area contributed by atoms with Gasteiger partial charge in [0.15, 0.2) is 0 Å². The topological polar surface area (TPSA) is 75.5 Å². The summed E-state index contributed by atoms with van der Waals surface area (Å²) in [6, 6.07) is 15.1. The number of halogens is 4. The molecular weight excluding hydrogens is 548 g/mol. The van der Waals surface area contributed by atoms with Gasteiger partial charge in [0.05, 0.1) is 33.1 Å². The molecule has 7 nitrogen and oxygen atoms in total. The lowest BCUT2D eigenvalue weighted by Gasteiger charge is -2.41. The van der Waals surface area contributed by atoms with Gasteiger partial charge in [-0.2, -0.15) is 17.5 Å². The molecule has 1 aromatic heterocycles. The molecule has 0 spiro atoms. The van der Waals surface area contributed by atoms with Crippen molar-refractivity contribution >= 4 is 20.9 Å². The highest BCUT2D eigenvalue weighted by molar-refractivity contribution is 7.89. The lowest BCUT2D eigenvalue weighted by atomic mass is 10.1. The average molecular weight is 575 g/mol. The highest BCUT2D eigenvalue weighted by atomic mass is 32.2. The molecule has 0 aliphatic carbocycles. The third-order valence-corrected chi connectivity index (χ3v) is 9.18. The van der Waals surface area contributed by atoms with Crippen molar-refractivity contribution in [1.29, 1.82) is 0 Å². The van der Waals surface area contributed by atoms with Crippen LogP contribution in [0.4, 0.5) is 17.6 Å². The molecule has 2 unspecified atom stereocenters. The number of rotatable bonds is 5. The Morgan fingerprint density at radius 1 is 0.975 bits per heavy atom. The van der Waals surface area contributed by atoms with E-state index in [-0.39, 0.29) is 25.2 Å². The quantitative estimate of drug-likeness (QED) is 0.314. The average Bonchev–Trinajstić information content (AvgIpc) is 2.92. The van der Waals surface area contributed by atoms with Crippen LogP contribution in [0.5, 0.6) is 0 Å². The van der Waals surface area contributed by atoms with Crippen LogP contribution in [0.25, 0.3) is 16.6 Å². The van der Waals surface area contributed by atoms with Crippen molar-refractivity contribution in [3.63, 3.8) is 0 Å². The number of benzene rings is 3. The number of alkyl halides is 3. The zero-order valence-corrected chi connectivity index (χ0v) is 22.5. The van der Waals surface area contributed by atoms with Crippen molar-refractivity contribution in [2.45, 2.75) is 37.0 Å². The van der Waals surface area contributed by atoms with Gasteiger partial charge in [-0.25, -0.2) is 17.8 Å². The summed E-state index contributed by atoms with van der Waals surface area (Å²) in [5, 5.41) is 0.396. The Labute approximate surface area is 228 Å². The molecule has 40 heavy (non-hydrogen) atoms. The zero-order valence-electron chi connectivity index (χ0n) is 21.6. The van der Waals surface area contributed by atoms with Crippen molar-refractivity contribution < 1.29 is 26.0 Å². The molecule has 5 rings (SSSR count). The summed E-state index contributed by atoms with van der Waals surface area (Å²) < 4.78 is 82.6. The number of hydrogen-bond donors (Lipinski definition) is 0. The van der Waals surface area contributed by atoms with E-state index in [0.29, 0.717) is 28.5 Å². The number of hydrogen-bond acceptors (Lipinski definition) is 5. The molecule has 1 fully saturated rings. The fourth-order valence-electron chi connectivity index (χ4n) is 5.08. The Kier molecular flexibility index (Phi) is 7.28. The van der Waals surface area contributed by atoms with Gasteiger partial charge in [-0.1, -0.05) is 18.2 Å². The number of fused-ring (bicyclic) bond motifs is 1. The predicted molar refractivity (Wildman–Crippen MR) is 142 cm³/mol. The van der Waals surface area contributed by atoms with E-state index in [1.165, 1.54) is 33.1 Å². The van der Waals surface area contributed by atoms with Gasteiger partial charge in [-0.05, 0) is 68.4 Å². The van der Waals surface area contributed by atoms with E-state index in [2.05, 4.69) is 0 Å². The van der Waals surface area contributed by atoms with Crippen LogP contribution in [-0.4, -0.2) is 52.9 Å². The smallest absolute Gasteiger partial charge is 0.291 e. The van der Waals surface area contributed by atoms with Gasteiger partial charge in [0, 0.05) is 25.7 Å². The largest absolute Gasteiger partial charge is 0.416 e. The Morgan fingerprint density at radius 3 is 2.35 bits per heavy atom. The van der Waals surface area contributed by atoms with Crippen LogP contribution >= 0.6 is 0 Å². The first-order valence-electron chi connectivity index (χ1n) is 12.6. The Balaban J connectivity index is 1.47. The summed E-state index contributed by atoms with van der Waals surface area (Å²) in [7, 11) is -4.20. The molecule has 0 N–H and O–H groups in total. The first-order chi connectivity index (χ1) is 18.9. The van der Waals surface area contributed by atoms with Gasteiger partial charge in [0.1, 0.15) is 11.6 Å². The zero-order chi connectivity index (χ0) is 28.8. The van der Waals surface area contributed by atoms with E-state index in [1.807, 2.05) is 11.8 Å². The van der Waals surface area contributed by atoms with Crippen molar-refractivity contribution in [2.75, 3.05) is 19.6 Å². The van der Waals surface area contributed by atoms with E-state index in [4.69, 9.17) is 4.98 Å². The molecule has 1 aliphatic heterocycles. The lowest BCUT2D eigenvalue weighted by Crippen LogP contribution is -2.54. The second-order valence-corrected chi connectivity index (χ2v) is 11.7. The first-order valence-corrected chi connectivity index (χ1v) is 14.0. The Morgan fingerprint density at radius 2 is 1.68 bits per heavy atom. The maximum Gasteiger partial charge on any atom is 0.416 e. The molecule has 4 aromatic rings. The molecule has 1 saturated heterocycles. The van der Waals surface area contributed by atoms with E-state index < -0.39 is 44.6 Å². The molecule has 3 aromatic carbocycles. The fraction of sp³-hybridized carbons (Fsp3) is 0.286. The summed E-state index contributed by atoms with van der Waals surface area (Å²) in [5.74, 6) is -0.0521. The highest BCUT2D eigenvalue weighted by Crippen LogP contribution is 2.33. The lowest BCUT2D eigenvalue weighted by molar-refractivity contribution is -0.137. The predicted octanol–water partition coefficient (Wildman–Crippen LogP) is 5.00. The molecule has 0 radical (unpaired) electrons. The van der Waals surface area contributed by atoms with E-state index in [9.17, 15) is 30.8 Å². The van der Waals surface area contributed by atoms with Crippen molar-refractivity contribution in [1.82, 2.24) is 18.8 Å². The van der Waals surface area contributed by atoms with Crippen LogP contribution in [0.3, 0.4) is 0 Å². The third kappa shape index (κ3) is 5.14. The first kappa shape index (κ1) is 27.9. The minimum atomic E-state index is -4.67. The molecule has 1 aliphatic rings. The van der Waals surface area contributed by atoms with Gasteiger partial charge in [-0.3, -0.25) is 14.3 Å². The second kappa shape index (κ2) is 10.4. The molecule has 0 amide bonds. The summed E-state index contributed by atoms with van der Waals surface area (Å²) >= 11 is 0. The molecule has 12 heteroatoms. The van der Waals surface area contributed by atoms with Gasteiger partial charge in [0.25, 0.3) is 5.56 Å². The Bertz CT molecular complexity index is 1720. The van der Waals surface area contributed by atoms with Gasteiger partial charge < -0.3 is 0 Å². The summed E-state index contributed by atoms with van der Waals surface area (Å²) in [6.07, 6.45) is -4.67. The molecule has 2 atom stereocenters. The van der Waals surface area contributed by atoms with Gasteiger partial charge in [0.2, 0.25) is 10.0 Å². The van der Waals surface area contributed by atoms with E-state index in [1.54, 1.807) is 31.2 Å². The van der Waals surface area contributed by atoms with Gasteiger partial charge >= 0.3 is 6.18 Å². The SMILES string of the molecule is CC(c1nc2ccccc2c(=O)n1-c1ccc(F)cc1)N1CCN(S(=O)(=O)c2cccc(C(F)(F)F)c2)C(C)C1. The van der Waals surface area contributed by atoms with Crippen LogP contribution in [0, 0.1) is 5.82 Å². The minimum Gasteiger partial charge on any atom is -0.291 e. The molecule has 0 saturated carbocycles. The number of piperazine rings is 1. The Hall–Kier alpha value is -3.61. The van der Waals surface area contributed by atoms with Crippen LogP contribution in [0.15, 0.2) is 82.5 Å². The van der Waals surface area contributed by atoms with Crippen LogP contribution < -0.4 is 5.56 Å². The number of nitrogens with zero attached hydrogens (tertiary/aromatic N) is 4. The van der Waals surface area contributed by atoms with E-state index in [0.717, 1.165) is 18.2 Å². The summed E-state index contributed by atoms with van der Waals surface area (Å²) in [5.41, 5.74) is -0.427. The maximum atomic E-state index is 13.7. The standard InChI is InChI=1S/C28H26F4N4O3S/c1-18-17-34(14-15-35(18)40(38,39)23-7-5-6-20(16-23)28(30,31)32)19(2)26-33-25-9-4-3-8-24(25)27(37)36(26)22-12-10-21(29)11-13-22/h3-13,16,18-19H,14-15,17H2,1-2H3.